The van der Waals surface area contributed by atoms with Gasteiger partial charge in [0, 0.05) is 11.4 Å². The van der Waals surface area contributed by atoms with Crippen molar-refractivity contribution in [3.63, 3.8) is 0 Å². The minimum absolute atomic E-state index is 0.861. The summed E-state index contributed by atoms with van der Waals surface area (Å²) in [5.74, 6) is 1.06. The second-order valence-electron chi connectivity index (χ2n) is 2.69. The van der Waals surface area contributed by atoms with Crippen LogP contribution in [0.2, 0.25) is 5.02 Å². The Morgan fingerprint density at radius 1 is 1.46 bits per heavy atom. The molecule has 0 spiro atoms. The van der Waals surface area contributed by atoms with E-state index in [1.54, 1.807) is 11.8 Å². The molecule has 0 saturated carbocycles. The number of benzene rings is 1. The predicted octanol–water partition coefficient (Wildman–Crippen LogP) is 3.17. The zero-order chi connectivity index (χ0) is 9.68. The van der Waals surface area contributed by atoms with Crippen LogP contribution in [-0.2, 0) is 6.54 Å². The van der Waals surface area contributed by atoms with E-state index in [4.69, 9.17) is 11.6 Å². The molecule has 0 aliphatic rings. The van der Waals surface area contributed by atoms with Gasteiger partial charge in [0.05, 0.1) is 5.02 Å². The Hall–Kier alpha value is -0.180. The summed E-state index contributed by atoms with van der Waals surface area (Å²) in [6, 6.07) is 6.05. The van der Waals surface area contributed by atoms with E-state index in [0.717, 1.165) is 17.3 Å². The summed E-state index contributed by atoms with van der Waals surface area (Å²) in [6.45, 7) is 3.01. The first-order valence-corrected chi connectivity index (χ1v) is 5.70. The van der Waals surface area contributed by atoms with Gasteiger partial charge < -0.3 is 5.32 Å². The standard InChI is InChI=1S/C10H14ClNS/c1-3-13-10-8(7-12-2)5-4-6-9(10)11/h4-6,12H,3,7H2,1-2H3. The van der Waals surface area contributed by atoms with Crippen molar-refractivity contribution >= 4 is 23.4 Å². The van der Waals surface area contributed by atoms with Gasteiger partial charge in [-0.15, -0.1) is 11.8 Å². The number of hydrogen-bond acceptors (Lipinski definition) is 2. The molecule has 0 fully saturated rings. The fourth-order valence-electron chi connectivity index (χ4n) is 1.19. The summed E-state index contributed by atoms with van der Waals surface area (Å²) >= 11 is 7.89. The minimum Gasteiger partial charge on any atom is -0.316 e. The second-order valence-corrected chi connectivity index (χ2v) is 4.37. The van der Waals surface area contributed by atoms with Gasteiger partial charge >= 0.3 is 0 Å². The number of thioether (sulfide) groups is 1. The first-order valence-electron chi connectivity index (χ1n) is 4.34. The van der Waals surface area contributed by atoms with Gasteiger partial charge in [-0.1, -0.05) is 30.7 Å². The van der Waals surface area contributed by atoms with Crippen LogP contribution in [0, 0.1) is 0 Å². The lowest BCUT2D eigenvalue weighted by atomic mass is 10.2. The fraction of sp³-hybridized carbons (Fsp3) is 0.400. The Kier molecular flexibility index (Phi) is 4.64. The molecular weight excluding hydrogens is 202 g/mol. The molecule has 1 N–H and O–H groups in total. The Labute approximate surface area is 88.9 Å². The van der Waals surface area contributed by atoms with Crippen molar-refractivity contribution in [2.75, 3.05) is 12.8 Å². The molecule has 0 amide bonds. The summed E-state index contributed by atoms with van der Waals surface area (Å²) in [5, 5.41) is 4.00. The molecule has 1 rings (SSSR count). The van der Waals surface area contributed by atoms with Crippen LogP contribution in [-0.4, -0.2) is 12.8 Å². The highest BCUT2D eigenvalue weighted by Crippen LogP contribution is 2.30. The van der Waals surface area contributed by atoms with E-state index in [1.807, 2.05) is 19.2 Å². The van der Waals surface area contributed by atoms with Gasteiger partial charge in [0.15, 0.2) is 0 Å². The van der Waals surface area contributed by atoms with Crippen LogP contribution in [0.1, 0.15) is 12.5 Å². The molecule has 0 aliphatic carbocycles. The highest BCUT2D eigenvalue weighted by molar-refractivity contribution is 7.99. The maximum Gasteiger partial charge on any atom is 0.0545 e. The van der Waals surface area contributed by atoms with Gasteiger partial charge in [0.25, 0.3) is 0 Å². The van der Waals surface area contributed by atoms with Crippen molar-refractivity contribution in [1.82, 2.24) is 5.32 Å². The van der Waals surface area contributed by atoms with E-state index >= 15 is 0 Å². The van der Waals surface area contributed by atoms with E-state index in [-0.39, 0.29) is 0 Å². The van der Waals surface area contributed by atoms with Gasteiger partial charge in [-0.2, -0.15) is 0 Å². The molecule has 0 unspecified atom stereocenters. The van der Waals surface area contributed by atoms with Crippen LogP contribution >= 0.6 is 23.4 Å². The Morgan fingerprint density at radius 2 is 2.23 bits per heavy atom. The molecule has 0 radical (unpaired) electrons. The van der Waals surface area contributed by atoms with Crippen molar-refractivity contribution in [1.29, 1.82) is 0 Å². The van der Waals surface area contributed by atoms with Crippen LogP contribution in [0.4, 0.5) is 0 Å². The Bertz CT molecular complexity index is 276. The van der Waals surface area contributed by atoms with Crippen LogP contribution in [0.15, 0.2) is 23.1 Å². The quantitative estimate of drug-likeness (QED) is 0.775. The van der Waals surface area contributed by atoms with Gasteiger partial charge in [-0.05, 0) is 24.4 Å². The Balaban J connectivity index is 2.95. The smallest absolute Gasteiger partial charge is 0.0545 e. The van der Waals surface area contributed by atoms with E-state index < -0.39 is 0 Å². The van der Waals surface area contributed by atoms with Gasteiger partial charge in [0.1, 0.15) is 0 Å². The lowest BCUT2D eigenvalue weighted by Gasteiger charge is -2.09. The highest BCUT2D eigenvalue weighted by Gasteiger charge is 2.05. The average molecular weight is 216 g/mol. The first kappa shape index (κ1) is 10.9. The topological polar surface area (TPSA) is 12.0 Å². The van der Waals surface area contributed by atoms with Crippen molar-refractivity contribution in [2.24, 2.45) is 0 Å². The average Bonchev–Trinajstić information content (AvgIpc) is 2.11. The normalized spacial score (nSPS) is 10.4. The van der Waals surface area contributed by atoms with Gasteiger partial charge in [-0.25, -0.2) is 0 Å². The molecule has 0 aromatic heterocycles. The van der Waals surface area contributed by atoms with E-state index in [9.17, 15) is 0 Å². The maximum atomic E-state index is 6.10. The summed E-state index contributed by atoms with van der Waals surface area (Å²) < 4.78 is 0. The molecule has 3 heteroatoms. The van der Waals surface area contributed by atoms with E-state index in [0.29, 0.717) is 0 Å². The number of rotatable bonds is 4. The molecule has 1 nitrogen and oxygen atoms in total. The molecule has 72 valence electrons. The molecule has 13 heavy (non-hydrogen) atoms. The largest absolute Gasteiger partial charge is 0.316 e. The summed E-state index contributed by atoms with van der Waals surface area (Å²) in [5.41, 5.74) is 1.28. The zero-order valence-electron chi connectivity index (χ0n) is 7.93. The summed E-state index contributed by atoms with van der Waals surface area (Å²) in [4.78, 5) is 1.21. The molecule has 1 aromatic rings. The lowest BCUT2D eigenvalue weighted by Crippen LogP contribution is -2.06. The van der Waals surface area contributed by atoms with Crippen LogP contribution in [0.5, 0.6) is 0 Å². The Morgan fingerprint density at radius 3 is 2.85 bits per heavy atom. The molecule has 0 aliphatic heterocycles. The van der Waals surface area contributed by atoms with Crippen LogP contribution < -0.4 is 5.32 Å². The maximum absolute atomic E-state index is 6.10. The zero-order valence-corrected chi connectivity index (χ0v) is 9.50. The fourth-order valence-corrected chi connectivity index (χ4v) is 2.37. The third-order valence-electron chi connectivity index (χ3n) is 1.70. The first-order chi connectivity index (χ1) is 6.29. The van der Waals surface area contributed by atoms with E-state index in [2.05, 4.69) is 18.3 Å². The molecular formula is C10H14ClNS. The third kappa shape index (κ3) is 2.90. The van der Waals surface area contributed by atoms with Crippen molar-refractivity contribution in [2.45, 2.75) is 18.4 Å². The van der Waals surface area contributed by atoms with Crippen molar-refractivity contribution in [3.05, 3.63) is 28.8 Å². The molecule has 0 saturated heterocycles. The van der Waals surface area contributed by atoms with Crippen LogP contribution in [0.3, 0.4) is 0 Å². The summed E-state index contributed by atoms with van der Waals surface area (Å²) in [6.07, 6.45) is 0. The molecule has 1 aromatic carbocycles. The highest BCUT2D eigenvalue weighted by atomic mass is 35.5. The number of hydrogen-bond donors (Lipinski definition) is 1. The van der Waals surface area contributed by atoms with E-state index in [1.165, 1.54) is 10.5 Å². The summed E-state index contributed by atoms with van der Waals surface area (Å²) in [7, 11) is 1.95. The predicted molar refractivity (Wildman–Crippen MR) is 60.6 cm³/mol. The van der Waals surface area contributed by atoms with Gasteiger partial charge in [0.2, 0.25) is 0 Å². The number of halogens is 1. The van der Waals surface area contributed by atoms with Crippen molar-refractivity contribution in [3.8, 4) is 0 Å². The molecule has 0 heterocycles. The minimum atomic E-state index is 0.861. The van der Waals surface area contributed by atoms with Crippen LogP contribution in [0.25, 0.3) is 0 Å². The monoisotopic (exact) mass is 215 g/mol. The molecule has 0 bridgehead atoms. The van der Waals surface area contributed by atoms with Crippen molar-refractivity contribution < 1.29 is 0 Å². The van der Waals surface area contributed by atoms with Gasteiger partial charge in [-0.3, -0.25) is 0 Å². The number of nitrogens with one attached hydrogen (secondary N) is 1. The SMILES string of the molecule is CCSc1c(Cl)cccc1CNC. The third-order valence-corrected chi connectivity index (χ3v) is 3.19. The second kappa shape index (κ2) is 5.53. The lowest BCUT2D eigenvalue weighted by molar-refractivity contribution is 0.803. The molecule has 0 atom stereocenters.